The van der Waals surface area contributed by atoms with Crippen molar-refractivity contribution >= 4 is 23.2 Å². The number of para-hydroxylation sites is 1. The molecule has 0 saturated carbocycles. The van der Waals surface area contributed by atoms with Crippen LogP contribution in [0.1, 0.15) is 0 Å². The molecule has 0 aromatic heterocycles. The predicted octanol–water partition coefficient (Wildman–Crippen LogP) is 2.52. The van der Waals surface area contributed by atoms with Crippen molar-refractivity contribution in [2.24, 2.45) is 0 Å². The number of nitrogens with zero attached hydrogens (tertiary/aromatic N) is 1. The molecule has 0 fully saturated rings. The van der Waals surface area contributed by atoms with Gasteiger partial charge < -0.3 is 4.90 Å². The molecule has 2 nitrogen and oxygen atoms in total. The van der Waals surface area contributed by atoms with Gasteiger partial charge in [0.1, 0.15) is 5.88 Å². The van der Waals surface area contributed by atoms with E-state index in [-0.39, 0.29) is 5.88 Å². The summed E-state index contributed by atoms with van der Waals surface area (Å²) in [5.41, 5.74) is 0.434. The fourth-order valence-corrected chi connectivity index (χ4v) is 1.31. The average Bonchev–Trinajstić information content (AvgIpc) is 2.26. The molecule has 0 aliphatic heterocycles. The first-order valence-corrected chi connectivity index (χ1v) is 4.88. The van der Waals surface area contributed by atoms with Crippen LogP contribution in [0.15, 0.2) is 30.3 Å². The van der Waals surface area contributed by atoms with Gasteiger partial charge in [0.15, 0.2) is 0 Å². The molecule has 0 saturated heterocycles. The van der Waals surface area contributed by atoms with Gasteiger partial charge in [0, 0.05) is 5.69 Å². The lowest BCUT2D eigenvalue weighted by atomic mass is 10.3. The molecule has 0 atom stereocenters. The van der Waals surface area contributed by atoms with Crippen LogP contribution in [0.25, 0.3) is 0 Å². The molecular formula is C10H10ClF2NO. The van der Waals surface area contributed by atoms with Crippen LogP contribution in [0.5, 0.6) is 0 Å². The van der Waals surface area contributed by atoms with E-state index in [1.807, 2.05) is 0 Å². The highest BCUT2D eigenvalue weighted by Gasteiger charge is 2.18. The second-order valence-corrected chi connectivity index (χ2v) is 3.13. The summed E-state index contributed by atoms with van der Waals surface area (Å²) in [5, 5.41) is 0. The molecule has 0 N–H and O–H groups in total. The van der Waals surface area contributed by atoms with E-state index in [0.717, 1.165) is 4.90 Å². The Kier molecular flexibility index (Phi) is 4.49. The SMILES string of the molecule is O=C(CCl)N(CC(F)F)c1ccccc1. The van der Waals surface area contributed by atoms with Crippen LogP contribution in [-0.2, 0) is 4.79 Å². The van der Waals surface area contributed by atoms with Crippen LogP contribution < -0.4 is 4.90 Å². The monoisotopic (exact) mass is 233 g/mol. The van der Waals surface area contributed by atoms with Crippen molar-refractivity contribution in [3.63, 3.8) is 0 Å². The number of alkyl halides is 3. The first kappa shape index (κ1) is 11.9. The molecule has 0 aliphatic rings. The predicted molar refractivity (Wildman–Crippen MR) is 55.5 cm³/mol. The lowest BCUT2D eigenvalue weighted by Gasteiger charge is -2.21. The van der Waals surface area contributed by atoms with Gasteiger partial charge in [0.05, 0.1) is 6.54 Å². The largest absolute Gasteiger partial charge is 0.306 e. The number of amides is 1. The fourth-order valence-electron chi connectivity index (χ4n) is 1.17. The Balaban J connectivity index is 2.86. The molecular weight excluding hydrogens is 224 g/mol. The molecule has 0 spiro atoms. The second kappa shape index (κ2) is 5.66. The zero-order chi connectivity index (χ0) is 11.3. The molecule has 1 rings (SSSR count). The van der Waals surface area contributed by atoms with Gasteiger partial charge in [-0.15, -0.1) is 11.6 Å². The van der Waals surface area contributed by atoms with E-state index < -0.39 is 18.9 Å². The van der Waals surface area contributed by atoms with Crippen molar-refractivity contribution in [3.8, 4) is 0 Å². The quantitative estimate of drug-likeness (QED) is 0.732. The summed E-state index contributed by atoms with van der Waals surface area (Å²) in [6.07, 6.45) is -2.57. The maximum Gasteiger partial charge on any atom is 0.256 e. The van der Waals surface area contributed by atoms with Crippen LogP contribution >= 0.6 is 11.6 Å². The molecule has 1 aromatic carbocycles. The zero-order valence-corrected chi connectivity index (χ0v) is 8.62. The van der Waals surface area contributed by atoms with Crippen LogP contribution in [0.3, 0.4) is 0 Å². The fraction of sp³-hybridized carbons (Fsp3) is 0.300. The first-order valence-electron chi connectivity index (χ1n) is 4.34. The van der Waals surface area contributed by atoms with E-state index in [0.29, 0.717) is 5.69 Å². The van der Waals surface area contributed by atoms with Crippen LogP contribution in [0, 0.1) is 0 Å². The van der Waals surface area contributed by atoms with Crippen LogP contribution in [0.4, 0.5) is 14.5 Å². The Labute approximate surface area is 91.4 Å². The summed E-state index contributed by atoms with van der Waals surface area (Å²) in [6, 6.07) is 8.28. The summed E-state index contributed by atoms with van der Waals surface area (Å²) in [5.74, 6) is -0.829. The number of hydrogen-bond donors (Lipinski definition) is 0. The highest BCUT2D eigenvalue weighted by Crippen LogP contribution is 2.15. The van der Waals surface area contributed by atoms with E-state index >= 15 is 0 Å². The molecule has 0 unspecified atom stereocenters. The van der Waals surface area contributed by atoms with Crippen LogP contribution in [0.2, 0.25) is 0 Å². The van der Waals surface area contributed by atoms with Gasteiger partial charge >= 0.3 is 0 Å². The Morgan fingerprint density at radius 2 is 1.93 bits per heavy atom. The van der Waals surface area contributed by atoms with E-state index in [4.69, 9.17) is 11.6 Å². The minimum absolute atomic E-state index is 0.304. The van der Waals surface area contributed by atoms with E-state index in [9.17, 15) is 13.6 Å². The van der Waals surface area contributed by atoms with Crippen molar-refractivity contribution in [1.29, 1.82) is 0 Å². The van der Waals surface area contributed by atoms with Crippen molar-refractivity contribution in [1.82, 2.24) is 0 Å². The Morgan fingerprint density at radius 3 is 2.40 bits per heavy atom. The summed E-state index contributed by atoms with van der Waals surface area (Å²) in [4.78, 5) is 12.3. The Hall–Kier alpha value is -1.16. The van der Waals surface area contributed by atoms with Crippen molar-refractivity contribution < 1.29 is 13.6 Å². The summed E-state index contributed by atoms with van der Waals surface area (Å²) in [7, 11) is 0. The molecule has 0 radical (unpaired) electrons. The molecule has 5 heteroatoms. The maximum atomic E-state index is 12.2. The molecule has 82 valence electrons. The number of carbonyl (C=O) groups excluding carboxylic acids is 1. The van der Waals surface area contributed by atoms with Gasteiger partial charge in [0.25, 0.3) is 6.43 Å². The smallest absolute Gasteiger partial charge is 0.256 e. The standard InChI is InChI=1S/C10H10ClF2NO/c11-6-10(15)14(7-9(12)13)8-4-2-1-3-5-8/h1-5,9H,6-7H2. The zero-order valence-electron chi connectivity index (χ0n) is 7.87. The normalized spacial score (nSPS) is 10.4. The molecule has 0 aliphatic carbocycles. The number of rotatable bonds is 4. The van der Waals surface area contributed by atoms with Gasteiger partial charge in [-0.1, -0.05) is 18.2 Å². The van der Waals surface area contributed by atoms with Crippen molar-refractivity contribution in [2.45, 2.75) is 6.43 Å². The number of halogens is 3. The lowest BCUT2D eigenvalue weighted by Crippen LogP contribution is -2.35. The molecule has 15 heavy (non-hydrogen) atoms. The van der Waals surface area contributed by atoms with Crippen molar-refractivity contribution in [3.05, 3.63) is 30.3 Å². The number of anilines is 1. The third kappa shape index (κ3) is 3.47. The second-order valence-electron chi connectivity index (χ2n) is 2.86. The van der Waals surface area contributed by atoms with E-state index in [2.05, 4.69) is 0 Å². The minimum Gasteiger partial charge on any atom is -0.306 e. The topological polar surface area (TPSA) is 20.3 Å². The third-order valence-electron chi connectivity index (χ3n) is 1.80. The maximum absolute atomic E-state index is 12.2. The summed E-state index contributed by atoms with van der Waals surface area (Å²) < 4.78 is 24.5. The molecule has 1 aromatic rings. The molecule has 1 amide bonds. The number of benzene rings is 1. The van der Waals surface area contributed by atoms with Gasteiger partial charge in [-0.25, -0.2) is 8.78 Å². The van der Waals surface area contributed by atoms with Gasteiger partial charge in [0.2, 0.25) is 5.91 Å². The lowest BCUT2D eigenvalue weighted by molar-refractivity contribution is -0.116. The number of hydrogen-bond acceptors (Lipinski definition) is 1. The van der Waals surface area contributed by atoms with Crippen LogP contribution in [-0.4, -0.2) is 24.8 Å². The highest BCUT2D eigenvalue weighted by molar-refractivity contribution is 6.29. The Morgan fingerprint density at radius 1 is 1.33 bits per heavy atom. The highest BCUT2D eigenvalue weighted by atomic mass is 35.5. The molecule has 0 bridgehead atoms. The van der Waals surface area contributed by atoms with Gasteiger partial charge in [-0.3, -0.25) is 4.79 Å². The summed E-state index contributed by atoms with van der Waals surface area (Å²) >= 11 is 5.34. The Bertz CT molecular complexity index is 318. The van der Waals surface area contributed by atoms with Gasteiger partial charge in [-0.2, -0.15) is 0 Å². The molecule has 0 heterocycles. The van der Waals surface area contributed by atoms with Crippen molar-refractivity contribution in [2.75, 3.05) is 17.3 Å². The van der Waals surface area contributed by atoms with E-state index in [1.165, 1.54) is 0 Å². The minimum atomic E-state index is -2.57. The average molecular weight is 234 g/mol. The number of carbonyl (C=O) groups is 1. The van der Waals surface area contributed by atoms with E-state index in [1.54, 1.807) is 30.3 Å². The van der Waals surface area contributed by atoms with Gasteiger partial charge in [-0.05, 0) is 12.1 Å². The first-order chi connectivity index (χ1) is 7.15. The third-order valence-corrected chi connectivity index (χ3v) is 2.03. The summed E-state index contributed by atoms with van der Waals surface area (Å²) in [6.45, 7) is -0.629.